The SMILES string of the molecule is COc1ccccc1CNC(=O)COC(=O)c1cc(-c2cccs2)nn1-c1ccccc1. The monoisotopic (exact) mass is 447 g/mol. The lowest BCUT2D eigenvalue weighted by Crippen LogP contribution is -2.29. The minimum absolute atomic E-state index is 0.247. The van der Waals surface area contributed by atoms with Crippen LogP contribution in [-0.4, -0.2) is 35.4 Å². The molecule has 0 aliphatic rings. The number of rotatable bonds is 8. The van der Waals surface area contributed by atoms with Gasteiger partial charge >= 0.3 is 5.97 Å². The Morgan fingerprint density at radius 1 is 1.03 bits per heavy atom. The first kappa shape index (κ1) is 21.3. The summed E-state index contributed by atoms with van der Waals surface area (Å²) in [5.41, 5.74) is 2.47. The maximum Gasteiger partial charge on any atom is 0.357 e. The highest BCUT2D eigenvalue weighted by molar-refractivity contribution is 7.13. The molecule has 0 unspecified atom stereocenters. The van der Waals surface area contributed by atoms with Gasteiger partial charge in [-0.3, -0.25) is 4.79 Å². The van der Waals surface area contributed by atoms with Gasteiger partial charge < -0.3 is 14.8 Å². The molecule has 2 aromatic heterocycles. The van der Waals surface area contributed by atoms with E-state index in [0.29, 0.717) is 11.4 Å². The molecule has 0 saturated heterocycles. The molecule has 1 N–H and O–H groups in total. The summed E-state index contributed by atoms with van der Waals surface area (Å²) in [5.74, 6) is -0.359. The number of aromatic nitrogens is 2. The topological polar surface area (TPSA) is 82.4 Å². The molecule has 2 aromatic carbocycles. The Morgan fingerprint density at radius 2 is 1.81 bits per heavy atom. The third-order valence-corrected chi connectivity index (χ3v) is 5.59. The molecule has 0 aliphatic carbocycles. The third-order valence-electron chi connectivity index (χ3n) is 4.70. The van der Waals surface area contributed by atoms with E-state index in [4.69, 9.17) is 9.47 Å². The fraction of sp³-hybridized carbons (Fsp3) is 0.125. The van der Waals surface area contributed by atoms with E-state index in [2.05, 4.69) is 10.4 Å². The molecular weight excluding hydrogens is 426 g/mol. The minimum atomic E-state index is -0.628. The van der Waals surface area contributed by atoms with Gasteiger partial charge in [-0.15, -0.1) is 11.3 Å². The highest BCUT2D eigenvalue weighted by Crippen LogP contribution is 2.26. The van der Waals surface area contributed by atoms with Crippen molar-refractivity contribution in [2.45, 2.75) is 6.54 Å². The van der Waals surface area contributed by atoms with Crippen molar-refractivity contribution in [2.75, 3.05) is 13.7 Å². The van der Waals surface area contributed by atoms with Crippen LogP contribution < -0.4 is 10.1 Å². The average molecular weight is 448 g/mol. The van der Waals surface area contributed by atoms with E-state index in [9.17, 15) is 9.59 Å². The molecule has 4 rings (SSSR count). The lowest BCUT2D eigenvalue weighted by Gasteiger charge is -2.10. The van der Waals surface area contributed by atoms with E-state index in [0.717, 1.165) is 16.1 Å². The number of hydrogen-bond acceptors (Lipinski definition) is 6. The predicted octanol–water partition coefficient (Wildman–Crippen LogP) is 4.08. The summed E-state index contributed by atoms with van der Waals surface area (Å²) < 4.78 is 12.1. The summed E-state index contributed by atoms with van der Waals surface area (Å²) in [7, 11) is 1.57. The number of nitrogens with zero attached hydrogens (tertiary/aromatic N) is 2. The number of carbonyl (C=O) groups is 2. The van der Waals surface area contributed by atoms with Gasteiger partial charge in [-0.25, -0.2) is 9.48 Å². The molecule has 0 atom stereocenters. The fourth-order valence-corrected chi connectivity index (χ4v) is 3.82. The van der Waals surface area contributed by atoms with Crippen molar-refractivity contribution in [3.05, 3.63) is 89.4 Å². The predicted molar refractivity (Wildman–Crippen MR) is 122 cm³/mol. The Kier molecular flexibility index (Phi) is 6.62. The van der Waals surface area contributed by atoms with Crippen molar-refractivity contribution in [2.24, 2.45) is 0 Å². The molecule has 0 saturated carbocycles. The van der Waals surface area contributed by atoms with E-state index in [1.807, 2.05) is 72.1 Å². The van der Waals surface area contributed by atoms with Gasteiger partial charge in [0, 0.05) is 18.2 Å². The zero-order chi connectivity index (χ0) is 22.3. The second-order valence-corrected chi connectivity index (χ2v) is 7.75. The van der Waals surface area contributed by atoms with E-state index < -0.39 is 18.5 Å². The molecule has 2 heterocycles. The van der Waals surface area contributed by atoms with E-state index >= 15 is 0 Å². The number of benzene rings is 2. The summed E-state index contributed by atoms with van der Waals surface area (Å²) in [6.07, 6.45) is 0. The van der Waals surface area contributed by atoms with Crippen LogP contribution >= 0.6 is 11.3 Å². The number of nitrogens with one attached hydrogen (secondary N) is 1. The zero-order valence-electron chi connectivity index (χ0n) is 17.4. The quantitative estimate of drug-likeness (QED) is 0.412. The van der Waals surface area contributed by atoms with Gasteiger partial charge in [-0.2, -0.15) is 5.10 Å². The van der Waals surface area contributed by atoms with Crippen molar-refractivity contribution >= 4 is 23.2 Å². The van der Waals surface area contributed by atoms with Gasteiger partial charge in [0.1, 0.15) is 11.4 Å². The van der Waals surface area contributed by atoms with Gasteiger partial charge in [-0.05, 0) is 29.6 Å². The molecule has 0 radical (unpaired) electrons. The molecule has 0 spiro atoms. The molecule has 0 bridgehead atoms. The van der Waals surface area contributed by atoms with Crippen LogP contribution in [0.25, 0.3) is 16.3 Å². The van der Waals surface area contributed by atoms with Crippen LogP contribution in [0.1, 0.15) is 16.1 Å². The van der Waals surface area contributed by atoms with Crippen LogP contribution in [0.15, 0.2) is 78.2 Å². The fourth-order valence-electron chi connectivity index (χ4n) is 3.14. The molecule has 0 fully saturated rings. The van der Waals surface area contributed by atoms with E-state index in [-0.39, 0.29) is 12.2 Å². The second-order valence-electron chi connectivity index (χ2n) is 6.80. The van der Waals surface area contributed by atoms with Crippen molar-refractivity contribution < 1.29 is 19.1 Å². The van der Waals surface area contributed by atoms with Crippen molar-refractivity contribution in [1.82, 2.24) is 15.1 Å². The maximum atomic E-state index is 12.8. The summed E-state index contributed by atoms with van der Waals surface area (Å²) in [4.78, 5) is 26.0. The van der Waals surface area contributed by atoms with Crippen LogP contribution in [0.3, 0.4) is 0 Å². The highest BCUT2D eigenvalue weighted by atomic mass is 32.1. The van der Waals surface area contributed by atoms with Crippen molar-refractivity contribution in [3.8, 4) is 22.0 Å². The second kappa shape index (κ2) is 9.93. The first-order valence-electron chi connectivity index (χ1n) is 9.91. The number of amides is 1. The van der Waals surface area contributed by atoms with Crippen LogP contribution in [-0.2, 0) is 16.1 Å². The average Bonchev–Trinajstić information content (AvgIpc) is 3.52. The number of thiophene rings is 1. The van der Waals surface area contributed by atoms with Gasteiger partial charge in [0.2, 0.25) is 0 Å². The molecular formula is C24H21N3O4S. The number of hydrogen-bond donors (Lipinski definition) is 1. The normalized spacial score (nSPS) is 10.5. The first-order chi connectivity index (χ1) is 15.7. The Bertz CT molecular complexity index is 1200. The number of carbonyl (C=O) groups excluding carboxylic acids is 2. The summed E-state index contributed by atoms with van der Waals surface area (Å²) in [5, 5.41) is 9.26. The number of para-hydroxylation sites is 2. The Morgan fingerprint density at radius 3 is 2.56 bits per heavy atom. The summed E-state index contributed by atoms with van der Waals surface area (Å²) in [6, 6.07) is 22.2. The Labute approximate surface area is 189 Å². The zero-order valence-corrected chi connectivity index (χ0v) is 18.2. The van der Waals surface area contributed by atoms with Crippen molar-refractivity contribution in [1.29, 1.82) is 0 Å². The molecule has 7 nitrogen and oxygen atoms in total. The lowest BCUT2D eigenvalue weighted by atomic mass is 10.2. The maximum absolute atomic E-state index is 12.8. The van der Waals surface area contributed by atoms with Gasteiger partial charge in [0.05, 0.1) is 17.7 Å². The number of esters is 1. The van der Waals surface area contributed by atoms with Crippen LogP contribution in [0.5, 0.6) is 5.75 Å². The van der Waals surface area contributed by atoms with Gasteiger partial charge in [-0.1, -0.05) is 42.5 Å². The number of methoxy groups -OCH3 is 1. The molecule has 32 heavy (non-hydrogen) atoms. The van der Waals surface area contributed by atoms with E-state index in [1.165, 1.54) is 16.0 Å². The standard InChI is InChI=1S/C24H21N3O4S/c1-30-21-11-6-5-8-17(21)15-25-23(28)16-31-24(29)20-14-19(22-12-7-13-32-22)26-27(20)18-9-3-2-4-10-18/h2-14H,15-16H2,1H3,(H,25,28). The van der Waals surface area contributed by atoms with Crippen LogP contribution in [0.2, 0.25) is 0 Å². The van der Waals surface area contributed by atoms with Crippen LogP contribution in [0, 0.1) is 0 Å². The lowest BCUT2D eigenvalue weighted by molar-refractivity contribution is -0.124. The van der Waals surface area contributed by atoms with E-state index in [1.54, 1.807) is 13.2 Å². The third kappa shape index (κ3) is 4.87. The molecule has 0 aliphatic heterocycles. The highest BCUT2D eigenvalue weighted by Gasteiger charge is 2.20. The largest absolute Gasteiger partial charge is 0.496 e. The molecule has 1 amide bonds. The molecule has 4 aromatic rings. The number of ether oxygens (including phenoxy) is 2. The van der Waals surface area contributed by atoms with Crippen LogP contribution in [0.4, 0.5) is 0 Å². The Balaban J connectivity index is 1.45. The summed E-state index contributed by atoms with van der Waals surface area (Å²) in [6.45, 7) is -0.132. The first-order valence-corrected chi connectivity index (χ1v) is 10.8. The molecule has 8 heteroatoms. The minimum Gasteiger partial charge on any atom is -0.496 e. The van der Waals surface area contributed by atoms with Gasteiger partial charge in [0.15, 0.2) is 12.3 Å². The smallest absolute Gasteiger partial charge is 0.357 e. The van der Waals surface area contributed by atoms with Gasteiger partial charge in [0.25, 0.3) is 5.91 Å². The Hall–Kier alpha value is -3.91. The summed E-state index contributed by atoms with van der Waals surface area (Å²) >= 11 is 1.53. The molecule has 162 valence electrons. The van der Waals surface area contributed by atoms with Crippen molar-refractivity contribution in [3.63, 3.8) is 0 Å².